The van der Waals surface area contributed by atoms with Crippen LogP contribution in [0.5, 0.6) is 0 Å². The molecule has 0 saturated carbocycles. The molecule has 0 atom stereocenters. The van der Waals surface area contributed by atoms with Crippen molar-refractivity contribution in [3.63, 3.8) is 0 Å². The number of fused-ring (bicyclic) bond motifs is 1. The number of hydrogen-bond acceptors (Lipinski definition) is 3. The first-order chi connectivity index (χ1) is 10.8. The lowest BCUT2D eigenvalue weighted by Gasteiger charge is -2.22. The standard InChI is InChI=1S/C18H20N4O/c1-18(2,3)21-12-8-9-14-16(10-12)22(11-20-14)15-7-5-4-6-13(15)17(19)23/h4-11,21H,1-3H3,(H2,19,23). The van der Waals surface area contributed by atoms with Crippen LogP contribution in [-0.2, 0) is 0 Å². The number of carbonyl (C=O) groups excluding carboxylic acids is 1. The molecule has 0 aliphatic carbocycles. The number of benzene rings is 2. The summed E-state index contributed by atoms with van der Waals surface area (Å²) in [5.41, 5.74) is 9.45. The van der Waals surface area contributed by atoms with Crippen molar-refractivity contribution in [3.05, 3.63) is 54.4 Å². The second kappa shape index (κ2) is 5.43. The monoisotopic (exact) mass is 308 g/mol. The van der Waals surface area contributed by atoms with E-state index in [9.17, 15) is 4.79 Å². The van der Waals surface area contributed by atoms with Crippen LogP contribution >= 0.6 is 0 Å². The van der Waals surface area contributed by atoms with E-state index in [4.69, 9.17) is 5.73 Å². The normalized spacial score (nSPS) is 11.6. The molecule has 0 aliphatic heterocycles. The Bertz CT molecular complexity index is 874. The summed E-state index contributed by atoms with van der Waals surface area (Å²) in [7, 11) is 0. The molecule has 0 aliphatic rings. The third kappa shape index (κ3) is 3.04. The predicted octanol–water partition coefficient (Wildman–Crippen LogP) is 3.33. The van der Waals surface area contributed by atoms with Gasteiger partial charge in [0.2, 0.25) is 0 Å². The number of nitrogens with zero attached hydrogens (tertiary/aromatic N) is 2. The van der Waals surface area contributed by atoms with Gasteiger partial charge < -0.3 is 11.1 Å². The molecule has 23 heavy (non-hydrogen) atoms. The maximum Gasteiger partial charge on any atom is 0.250 e. The molecule has 0 spiro atoms. The van der Waals surface area contributed by atoms with Gasteiger partial charge in [0.05, 0.1) is 22.3 Å². The summed E-state index contributed by atoms with van der Waals surface area (Å²) < 4.78 is 1.89. The van der Waals surface area contributed by atoms with Crippen molar-refractivity contribution < 1.29 is 4.79 Å². The first-order valence-electron chi connectivity index (χ1n) is 7.50. The number of amides is 1. The van der Waals surface area contributed by atoms with E-state index in [1.54, 1.807) is 18.5 Å². The van der Waals surface area contributed by atoms with E-state index in [1.165, 1.54) is 0 Å². The van der Waals surface area contributed by atoms with Gasteiger partial charge in [0.25, 0.3) is 5.91 Å². The zero-order valence-corrected chi connectivity index (χ0v) is 13.5. The highest BCUT2D eigenvalue weighted by molar-refractivity contribution is 5.97. The zero-order chi connectivity index (χ0) is 16.6. The molecule has 0 radical (unpaired) electrons. The summed E-state index contributed by atoms with van der Waals surface area (Å²) in [6.45, 7) is 6.32. The third-order valence-electron chi connectivity index (χ3n) is 3.50. The number of nitrogens with two attached hydrogens (primary N) is 1. The number of aromatic nitrogens is 2. The fraction of sp³-hybridized carbons (Fsp3) is 0.222. The number of imidazole rings is 1. The van der Waals surface area contributed by atoms with Crippen molar-refractivity contribution in [2.75, 3.05) is 5.32 Å². The Balaban J connectivity index is 2.16. The average molecular weight is 308 g/mol. The lowest BCUT2D eigenvalue weighted by atomic mass is 10.1. The van der Waals surface area contributed by atoms with Crippen molar-refractivity contribution in [2.45, 2.75) is 26.3 Å². The quantitative estimate of drug-likeness (QED) is 0.779. The topological polar surface area (TPSA) is 72.9 Å². The minimum absolute atomic E-state index is 0.0380. The number of nitrogens with one attached hydrogen (secondary N) is 1. The molecule has 118 valence electrons. The molecule has 0 saturated heterocycles. The van der Waals surface area contributed by atoms with Crippen molar-refractivity contribution in [3.8, 4) is 5.69 Å². The van der Waals surface area contributed by atoms with Gasteiger partial charge in [-0.15, -0.1) is 0 Å². The molecule has 5 nitrogen and oxygen atoms in total. The van der Waals surface area contributed by atoms with Gasteiger partial charge in [-0.05, 0) is 51.1 Å². The van der Waals surface area contributed by atoms with Crippen LogP contribution in [0.1, 0.15) is 31.1 Å². The Labute approximate surface area is 135 Å². The molecule has 3 rings (SSSR count). The van der Waals surface area contributed by atoms with Crippen LogP contribution in [0.2, 0.25) is 0 Å². The number of para-hydroxylation sites is 1. The van der Waals surface area contributed by atoms with Crippen LogP contribution in [0.3, 0.4) is 0 Å². The number of primary amides is 1. The summed E-state index contributed by atoms with van der Waals surface area (Å²) in [6.07, 6.45) is 1.72. The maximum atomic E-state index is 11.7. The molecule has 0 fully saturated rings. The summed E-state index contributed by atoms with van der Waals surface area (Å²) in [5, 5.41) is 3.45. The van der Waals surface area contributed by atoms with Gasteiger partial charge in [0.1, 0.15) is 6.33 Å². The first kappa shape index (κ1) is 15.1. The van der Waals surface area contributed by atoms with Gasteiger partial charge >= 0.3 is 0 Å². The minimum atomic E-state index is -0.452. The average Bonchev–Trinajstić information content (AvgIpc) is 2.88. The smallest absolute Gasteiger partial charge is 0.250 e. The summed E-state index contributed by atoms with van der Waals surface area (Å²) in [5.74, 6) is -0.452. The van der Waals surface area contributed by atoms with E-state index in [2.05, 4.69) is 31.1 Å². The Hall–Kier alpha value is -2.82. The molecule has 2 aromatic carbocycles. The largest absolute Gasteiger partial charge is 0.380 e. The first-order valence-corrected chi connectivity index (χ1v) is 7.50. The summed E-state index contributed by atoms with van der Waals surface area (Å²) >= 11 is 0. The molecule has 0 bridgehead atoms. The minimum Gasteiger partial charge on any atom is -0.380 e. The number of hydrogen-bond donors (Lipinski definition) is 2. The zero-order valence-electron chi connectivity index (χ0n) is 13.5. The van der Waals surface area contributed by atoms with Gasteiger partial charge in [-0.2, -0.15) is 0 Å². The van der Waals surface area contributed by atoms with Crippen LogP contribution in [0.4, 0.5) is 5.69 Å². The highest BCUT2D eigenvalue weighted by Gasteiger charge is 2.14. The lowest BCUT2D eigenvalue weighted by Crippen LogP contribution is -2.25. The van der Waals surface area contributed by atoms with Gasteiger partial charge in [-0.25, -0.2) is 4.98 Å². The van der Waals surface area contributed by atoms with Crippen molar-refractivity contribution in [1.82, 2.24) is 9.55 Å². The van der Waals surface area contributed by atoms with Crippen LogP contribution in [0, 0.1) is 0 Å². The van der Waals surface area contributed by atoms with Crippen LogP contribution in [0.25, 0.3) is 16.7 Å². The van der Waals surface area contributed by atoms with Crippen molar-refractivity contribution >= 4 is 22.6 Å². The molecule has 3 aromatic rings. The van der Waals surface area contributed by atoms with Crippen molar-refractivity contribution in [2.24, 2.45) is 5.73 Å². The van der Waals surface area contributed by atoms with Crippen LogP contribution in [0.15, 0.2) is 48.8 Å². The third-order valence-corrected chi connectivity index (χ3v) is 3.50. The Kier molecular flexibility index (Phi) is 3.56. The molecule has 5 heteroatoms. The van der Waals surface area contributed by atoms with Gasteiger partial charge in [-0.3, -0.25) is 9.36 Å². The molecule has 3 N–H and O–H groups in total. The van der Waals surface area contributed by atoms with Crippen LogP contribution in [-0.4, -0.2) is 21.0 Å². The van der Waals surface area contributed by atoms with Gasteiger partial charge in [0, 0.05) is 11.2 Å². The second-order valence-corrected chi connectivity index (χ2v) is 6.57. The summed E-state index contributed by atoms with van der Waals surface area (Å²) in [4.78, 5) is 16.1. The molecular weight excluding hydrogens is 288 g/mol. The highest BCUT2D eigenvalue weighted by atomic mass is 16.1. The molecular formula is C18H20N4O. The van der Waals surface area contributed by atoms with E-state index in [-0.39, 0.29) is 5.54 Å². The predicted molar refractivity (Wildman–Crippen MR) is 93.0 cm³/mol. The van der Waals surface area contributed by atoms with E-state index in [0.717, 1.165) is 22.4 Å². The van der Waals surface area contributed by atoms with Crippen LogP contribution < -0.4 is 11.1 Å². The number of rotatable bonds is 3. The Morgan fingerprint density at radius 2 is 1.91 bits per heavy atom. The highest BCUT2D eigenvalue weighted by Crippen LogP contribution is 2.25. The van der Waals surface area contributed by atoms with E-state index >= 15 is 0 Å². The Morgan fingerprint density at radius 1 is 1.17 bits per heavy atom. The fourth-order valence-corrected chi connectivity index (χ4v) is 2.60. The Morgan fingerprint density at radius 3 is 2.61 bits per heavy atom. The SMILES string of the molecule is CC(C)(C)Nc1ccc2ncn(-c3ccccc3C(N)=O)c2c1. The van der Waals surface area contributed by atoms with E-state index in [0.29, 0.717) is 5.56 Å². The molecule has 1 aromatic heterocycles. The molecule has 0 unspecified atom stereocenters. The van der Waals surface area contributed by atoms with Gasteiger partial charge in [0.15, 0.2) is 0 Å². The number of anilines is 1. The second-order valence-electron chi connectivity index (χ2n) is 6.57. The van der Waals surface area contributed by atoms with Gasteiger partial charge in [-0.1, -0.05) is 12.1 Å². The fourth-order valence-electron chi connectivity index (χ4n) is 2.60. The molecule has 1 heterocycles. The summed E-state index contributed by atoms with van der Waals surface area (Å²) in [6, 6.07) is 13.3. The van der Waals surface area contributed by atoms with Crippen molar-refractivity contribution in [1.29, 1.82) is 0 Å². The maximum absolute atomic E-state index is 11.7. The van der Waals surface area contributed by atoms with E-state index in [1.807, 2.05) is 34.9 Å². The lowest BCUT2D eigenvalue weighted by molar-refractivity contribution is 0.100. The number of carbonyl (C=O) groups is 1. The molecule has 1 amide bonds. The van der Waals surface area contributed by atoms with E-state index < -0.39 is 5.91 Å².